The number of rotatable bonds is 2. The number of nitrogens with one attached hydrogen (secondary N) is 1. The van der Waals surface area contributed by atoms with Crippen molar-refractivity contribution in [2.24, 2.45) is 0 Å². The van der Waals surface area contributed by atoms with Gasteiger partial charge in [0.25, 0.3) is 0 Å². The Labute approximate surface area is 93.9 Å². The van der Waals surface area contributed by atoms with Crippen LogP contribution in [0.15, 0.2) is 0 Å². The van der Waals surface area contributed by atoms with E-state index in [1.807, 2.05) is 13.8 Å². The van der Waals surface area contributed by atoms with E-state index < -0.39 is 0 Å². The summed E-state index contributed by atoms with van der Waals surface area (Å²) in [5.41, 5.74) is 1.05. The van der Waals surface area contributed by atoms with Gasteiger partial charge < -0.3 is 5.32 Å². The highest BCUT2D eigenvalue weighted by atomic mass is 32.1. The Balaban J connectivity index is 2.41. The summed E-state index contributed by atoms with van der Waals surface area (Å²) in [5, 5.41) is 3.54. The molecule has 1 heterocycles. The first-order valence-electron chi connectivity index (χ1n) is 4.77. The quantitative estimate of drug-likeness (QED) is 0.610. The average Bonchev–Trinajstić information content (AvgIpc) is 2.45. The Hall–Kier alpha value is -1.34. The van der Waals surface area contributed by atoms with Gasteiger partial charge in [-0.15, -0.1) is 11.3 Å². The van der Waals surface area contributed by atoms with Crippen molar-refractivity contribution in [2.45, 2.75) is 27.2 Å². The molecule has 80 valence electrons. The molecule has 0 fully saturated rings. The topological polar surface area (TPSA) is 42.0 Å². The van der Waals surface area contributed by atoms with E-state index in [4.69, 9.17) is 0 Å². The van der Waals surface area contributed by atoms with E-state index in [0.717, 1.165) is 10.7 Å². The molecule has 0 aliphatic heterocycles. The Morgan fingerprint density at radius 3 is 2.80 bits per heavy atom. The van der Waals surface area contributed by atoms with Crippen LogP contribution in [0.5, 0.6) is 0 Å². The Kier molecular flexibility index (Phi) is 4.32. The number of aromatic nitrogens is 1. The van der Waals surface area contributed by atoms with Gasteiger partial charge in [0.2, 0.25) is 5.91 Å². The van der Waals surface area contributed by atoms with E-state index in [1.54, 1.807) is 11.3 Å². The van der Waals surface area contributed by atoms with Crippen molar-refractivity contribution in [3.63, 3.8) is 0 Å². The van der Waals surface area contributed by atoms with Gasteiger partial charge in [0.15, 0.2) is 5.01 Å². The number of nitrogens with zero attached hydrogens (tertiary/aromatic N) is 1. The highest BCUT2D eigenvalue weighted by molar-refractivity contribution is 7.12. The lowest BCUT2D eigenvalue weighted by Crippen LogP contribution is -2.20. The third kappa shape index (κ3) is 4.13. The van der Waals surface area contributed by atoms with Crippen LogP contribution in [0.4, 0.5) is 0 Å². The maximum atomic E-state index is 10.6. The molecule has 1 amide bonds. The van der Waals surface area contributed by atoms with Gasteiger partial charge in [-0.05, 0) is 19.8 Å². The highest BCUT2D eigenvalue weighted by Gasteiger charge is 1.99. The molecule has 15 heavy (non-hydrogen) atoms. The van der Waals surface area contributed by atoms with Crippen LogP contribution in [0.25, 0.3) is 0 Å². The summed E-state index contributed by atoms with van der Waals surface area (Å²) < 4.78 is 0. The fourth-order valence-electron chi connectivity index (χ4n) is 0.965. The summed E-state index contributed by atoms with van der Waals surface area (Å²) in [6.07, 6.45) is 0.664. The summed E-state index contributed by atoms with van der Waals surface area (Å²) >= 11 is 1.61. The fraction of sp³-hybridized carbons (Fsp3) is 0.455. The lowest BCUT2D eigenvalue weighted by atomic mass is 10.4. The zero-order chi connectivity index (χ0) is 11.3. The number of aryl methyl sites for hydroxylation is 2. The first-order chi connectivity index (χ1) is 7.09. The Bertz CT molecular complexity index is 392. The van der Waals surface area contributed by atoms with E-state index in [2.05, 4.69) is 22.1 Å². The summed E-state index contributed by atoms with van der Waals surface area (Å²) in [4.78, 5) is 16.1. The molecule has 1 aromatic rings. The molecule has 0 bridgehead atoms. The third-order valence-corrected chi connectivity index (χ3v) is 2.84. The number of amides is 1. The van der Waals surface area contributed by atoms with Gasteiger partial charge in [0.05, 0.1) is 5.69 Å². The first-order valence-corrected chi connectivity index (χ1v) is 5.58. The molecule has 1 N–H and O–H groups in total. The van der Waals surface area contributed by atoms with Crippen molar-refractivity contribution < 1.29 is 4.79 Å². The van der Waals surface area contributed by atoms with E-state index in [1.165, 1.54) is 11.8 Å². The molecule has 0 aromatic carbocycles. The zero-order valence-corrected chi connectivity index (χ0v) is 9.99. The Morgan fingerprint density at radius 1 is 1.53 bits per heavy atom. The van der Waals surface area contributed by atoms with Crippen LogP contribution in [-0.2, 0) is 4.79 Å². The molecule has 0 saturated carbocycles. The largest absolute Gasteiger partial charge is 0.355 e. The lowest BCUT2D eigenvalue weighted by molar-refractivity contribution is -0.118. The molecular weight excluding hydrogens is 208 g/mol. The van der Waals surface area contributed by atoms with Crippen LogP contribution >= 0.6 is 11.3 Å². The normalized spacial score (nSPS) is 9.27. The molecule has 1 rings (SSSR count). The SMILES string of the molecule is CC(=O)NCCC#Cc1nc(C)c(C)s1. The number of carbonyl (C=O) groups is 1. The minimum absolute atomic E-state index is 0.0160. The van der Waals surface area contributed by atoms with Crippen molar-refractivity contribution in [1.29, 1.82) is 0 Å². The standard InChI is InChI=1S/C11H14N2OS/c1-8-9(2)15-11(13-8)6-4-5-7-12-10(3)14/h5,7H2,1-3H3,(H,12,14). The molecule has 3 nitrogen and oxygen atoms in total. The van der Waals surface area contributed by atoms with Gasteiger partial charge in [0, 0.05) is 24.8 Å². The second kappa shape index (κ2) is 5.52. The third-order valence-electron chi connectivity index (χ3n) is 1.85. The van der Waals surface area contributed by atoms with Crippen LogP contribution < -0.4 is 5.32 Å². The average molecular weight is 222 g/mol. The molecule has 0 atom stereocenters. The Morgan fingerprint density at radius 2 is 2.27 bits per heavy atom. The molecule has 0 aliphatic carbocycles. The fourth-order valence-corrected chi connectivity index (χ4v) is 1.75. The van der Waals surface area contributed by atoms with Gasteiger partial charge in [-0.2, -0.15) is 0 Å². The summed E-state index contributed by atoms with van der Waals surface area (Å²) in [6.45, 7) is 6.12. The molecular formula is C11H14N2OS. The van der Waals surface area contributed by atoms with Crippen molar-refractivity contribution in [3.05, 3.63) is 15.6 Å². The second-order valence-electron chi connectivity index (χ2n) is 3.20. The number of hydrogen-bond donors (Lipinski definition) is 1. The van der Waals surface area contributed by atoms with E-state index in [0.29, 0.717) is 13.0 Å². The zero-order valence-electron chi connectivity index (χ0n) is 9.18. The van der Waals surface area contributed by atoms with Gasteiger partial charge in [0.1, 0.15) is 0 Å². The minimum Gasteiger partial charge on any atom is -0.355 e. The van der Waals surface area contributed by atoms with Crippen LogP contribution in [0.2, 0.25) is 0 Å². The van der Waals surface area contributed by atoms with Gasteiger partial charge in [-0.3, -0.25) is 4.79 Å². The summed E-state index contributed by atoms with van der Waals surface area (Å²) in [7, 11) is 0. The maximum Gasteiger partial charge on any atom is 0.216 e. The highest BCUT2D eigenvalue weighted by Crippen LogP contribution is 2.14. The predicted octanol–water partition coefficient (Wildman–Crippen LogP) is 1.64. The number of hydrogen-bond acceptors (Lipinski definition) is 3. The predicted molar refractivity (Wildman–Crippen MR) is 61.8 cm³/mol. The molecule has 0 unspecified atom stereocenters. The molecule has 0 spiro atoms. The van der Waals surface area contributed by atoms with Gasteiger partial charge in [-0.25, -0.2) is 4.98 Å². The molecule has 1 aromatic heterocycles. The first kappa shape index (κ1) is 11.7. The maximum absolute atomic E-state index is 10.6. The van der Waals surface area contributed by atoms with Crippen LogP contribution in [-0.4, -0.2) is 17.4 Å². The van der Waals surface area contributed by atoms with Crippen molar-refractivity contribution in [1.82, 2.24) is 10.3 Å². The van der Waals surface area contributed by atoms with Crippen molar-refractivity contribution >= 4 is 17.2 Å². The van der Waals surface area contributed by atoms with Crippen LogP contribution in [0, 0.1) is 25.7 Å². The van der Waals surface area contributed by atoms with E-state index in [9.17, 15) is 4.79 Å². The van der Waals surface area contributed by atoms with E-state index >= 15 is 0 Å². The van der Waals surface area contributed by atoms with E-state index in [-0.39, 0.29) is 5.91 Å². The number of carbonyl (C=O) groups excluding carboxylic acids is 1. The number of thiazole rings is 1. The molecule has 0 radical (unpaired) electrons. The van der Waals surface area contributed by atoms with Gasteiger partial charge in [-0.1, -0.05) is 5.92 Å². The molecule has 4 heteroatoms. The van der Waals surface area contributed by atoms with Crippen molar-refractivity contribution in [2.75, 3.05) is 6.54 Å². The monoisotopic (exact) mass is 222 g/mol. The van der Waals surface area contributed by atoms with Crippen LogP contribution in [0.3, 0.4) is 0 Å². The van der Waals surface area contributed by atoms with Crippen molar-refractivity contribution in [3.8, 4) is 11.8 Å². The lowest BCUT2D eigenvalue weighted by Gasteiger charge is -1.93. The molecule has 0 saturated heterocycles. The smallest absolute Gasteiger partial charge is 0.216 e. The second-order valence-corrected chi connectivity index (χ2v) is 4.40. The molecule has 0 aliphatic rings. The summed E-state index contributed by atoms with van der Waals surface area (Å²) in [5.74, 6) is 5.95. The minimum atomic E-state index is -0.0160. The summed E-state index contributed by atoms with van der Waals surface area (Å²) in [6, 6.07) is 0. The van der Waals surface area contributed by atoms with Crippen LogP contribution in [0.1, 0.15) is 28.9 Å². The van der Waals surface area contributed by atoms with Gasteiger partial charge >= 0.3 is 0 Å².